The number of hydrogen-bond donors (Lipinski definition) is 4. The maximum atomic E-state index is 12.5. The summed E-state index contributed by atoms with van der Waals surface area (Å²) in [6.07, 6.45) is 11.5. The van der Waals surface area contributed by atoms with Gasteiger partial charge >= 0.3 is 5.97 Å². The fourth-order valence-electron chi connectivity index (χ4n) is 4.72. The van der Waals surface area contributed by atoms with E-state index in [0.29, 0.717) is 13.0 Å². The summed E-state index contributed by atoms with van der Waals surface area (Å²) in [6, 6.07) is 0. The van der Waals surface area contributed by atoms with Gasteiger partial charge in [0.2, 0.25) is 0 Å². The molecule has 232 valence electrons. The molecular formula is C30H58O9. The average molecular weight is 563 g/mol. The fraction of sp³-hybridized carbons (Fsp3) is 0.967. The molecule has 0 aliphatic carbocycles. The molecule has 1 heterocycles. The molecule has 6 unspecified atom stereocenters. The molecule has 9 heteroatoms. The standard InChI is InChI=1S/C30H58O9/c1-3-5-7-9-11-13-15-17-19-26(32)38-24(22-36-20-18-16-14-12-10-8-6-4-2)23-37-30-29(35)28(34)27(33)25(21-31)39-30/h24-25,27-31,33-35H,3-23H2,1-2H3. The lowest BCUT2D eigenvalue weighted by atomic mass is 9.99. The fourth-order valence-corrected chi connectivity index (χ4v) is 4.72. The summed E-state index contributed by atoms with van der Waals surface area (Å²) in [5, 5.41) is 39.6. The maximum Gasteiger partial charge on any atom is 0.306 e. The molecule has 6 atom stereocenters. The third-order valence-corrected chi connectivity index (χ3v) is 7.27. The minimum absolute atomic E-state index is 0.108. The number of rotatable bonds is 25. The van der Waals surface area contributed by atoms with Gasteiger partial charge in [-0.1, -0.05) is 104 Å². The highest BCUT2D eigenvalue weighted by Crippen LogP contribution is 2.22. The second-order valence-electron chi connectivity index (χ2n) is 10.9. The first kappa shape index (κ1) is 36.2. The summed E-state index contributed by atoms with van der Waals surface area (Å²) in [7, 11) is 0. The van der Waals surface area contributed by atoms with E-state index in [1.807, 2.05) is 0 Å². The summed E-state index contributed by atoms with van der Waals surface area (Å²) >= 11 is 0. The third-order valence-electron chi connectivity index (χ3n) is 7.27. The van der Waals surface area contributed by atoms with Crippen LogP contribution in [0.2, 0.25) is 0 Å². The Morgan fingerprint density at radius 2 is 1.26 bits per heavy atom. The molecule has 1 aliphatic rings. The van der Waals surface area contributed by atoms with E-state index < -0.39 is 43.4 Å². The zero-order chi connectivity index (χ0) is 28.7. The van der Waals surface area contributed by atoms with Crippen molar-refractivity contribution in [1.82, 2.24) is 0 Å². The predicted molar refractivity (Wildman–Crippen MR) is 150 cm³/mol. The number of aliphatic hydroxyl groups is 4. The SMILES string of the molecule is CCCCCCCCCCOCC(COC1OC(CO)C(O)C(O)C1O)OC(=O)CCCCCCCCCC. The highest BCUT2D eigenvalue weighted by molar-refractivity contribution is 5.69. The predicted octanol–water partition coefficient (Wildman–Crippen LogP) is 4.40. The second kappa shape index (κ2) is 23.9. The van der Waals surface area contributed by atoms with Crippen LogP contribution in [0.3, 0.4) is 0 Å². The summed E-state index contributed by atoms with van der Waals surface area (Å²) in [5.41, 5.74) is 0. The Kier molecular flexibility index (Phi) is 22.1. The third kappa shape index (κ3) is 16.9. The smallest absolute Gasteiger partial charge is 0.306 e. The van der Waals surface area contributed by atoms with Crippen molar-refractivity contribution in [2.45, 2.75) is 160 Å². The Labute approximate surface area is 236 Å². The summed E-state index contributed by atoms with van der Waals surface area (Å²) in [6.45, 7) is 4.48. The minimum atomic E-state index is -1.53. The van der Waals surface area contributed by atoms with Gasteiger partial charge in [0.25, 0.3) is 0 Å². The maximum absolute atomic E-state index is 12.5. The Morgan fingerprint density at radius 1 is 0.718 bits per heavy atom. The molecular weight excluding hydrogens is 504 g/mol. The Morgan fingerprint density at radius 3 is 1.82 bits per heavy atom. The van der Waals surface area contributed by atoms with Crippen LogP contribution in [-0.2, 0) is 23.7 Å². The van der Waals surface area contributed by atoms with E-state index in [4.69, 9.17) is 18.9 Å². The first-order valence-corrected chi connectivity index (χ1v) is 15.6. The quantitative estimate of drug-likeness (QED) is 0.0943. The van der Waals surface area contributed by atoms with Crippen molar-refractivity contribution in [2.24, 2.45) is 0 Å². The van der Waals surface area contributed by atoms with E-state index in [0.717, 1.165) is 32.1 Å². The van der Waals surface area contributed by atoms with Crippen molar-refractivity contribution in [1.29, 1.82) is 0 Å². The molecule has 0 radical (unpaired) electrons. The van der Waals surface area contributed by atoms with Crippen LogP contribution >= 0.6 is 0 Å². The van der Waals surface area contributed by atoms with E-state index >= 15 is 0 Å². The molecule has 9 nitrogen and oxygen atoms in total. The molecule has 0 aromatic heterocycles. The minimum Gasteiger partial charge on any atom is -0.457 e. The lowest BCUT2D eigenvalue weighted by molar-refractivity contribution is -0.305. The number of carbonyl (C=O) groups is 1. The van der Waals surface area contributed by atoms with Crippen LogP contribution in [0.25, 0.3) is 0 Å². The largest absolute Gasteiger partial charge is 0.457 e. The molecule has 0 aromatic rings. The van der Waals surface area contributed by atoms with Crippen LogP contribution in [0.5, 0.6) is 0 Å². The van der Waals surface area contributed by atoms with Gasteiger partial charge in [-0.05, 0) is 12.8 Å². The van der Waals surface area contributed by atoms with E-state index in [-0.39, 0.29) is 19.2 Å². The van der Waals surface area contributed by atoms with E-state index in [2.05, 4.69) is 13.8 Å². The molecule has 39 heavy (non-hydrogen) atoms. The second-order valence-corrected chi connectivity index (χ2v) is 10.9. The summed E-state index contributed by atoms with van der Waals surface area (Å²) in [4.78, 5) is 12.5. The van der Waals surface area contributed by atoms with Crippen LogP contribution in [0.15, 0.2) is 0 Å². The Balaban J connectivity index is 2.42. The number of ether oxygens (including phenoxy) is 4. The van der Waals surface area contributed by atoms with Crippen LogP contribution < -0.4 is 0 Å². The molecule has 1 fully saturated rings. The monoisotopic (exact) mass is 562 g/mol. The highest BCUT2D eigenvalue weighted by Gasteiger charge is 2.44. The van der Waals surface area contributed by atoms with Crippen LogP contribution in [-0.4, -0.2) is 89.6 Å². The van der Waals surface area contributed by atoms with Gasteiger partial charge in [-0.15, -0.1) is 0 Å². The van der Waals surface area contributed by atoms with E-state index in [1.165, 1.54) is 70.6 Å². The molecule has 4 N–H and O–H groups in total. The van der Waals surface area contributed by atoms with Crippen molar-refractivity contribution in [3.8, 4) is 0 Å². The Hall–Kier alpha value is -0.810. The van der Waals surface area contributed by atoms with Gasteiger partial charge in [0.05, 0.1) is 19.8 Å². The van der Waals surface area contributed by atoms with Crippen LogP contribution in [0, 0.1) is 0 Å². The van der Waals surface area contributed by atoms with E-state index in [1.54, 1.807) is 0 Å². The Bertz CT molecular complexity index is 575. The van der Waals surface area contributed by atoms with Crippen molar-refractivity contribution in [3.05, 3.63) is 0 Å². The first-order valence-electron chi connectivity index (χ1n) is 15.6. The van der Waals surface area contributed by atoms with Gasteiger partial charge in [-0.25, -0.2) is 0 Å². The average Bonchev–Trinajstić information content (AvgIpc) is 2.93. The molecule has 1 rings (SSSR count). The summed E-state index contributed by atoms with van der Waals surface area (Å²) in [5.74, 6) is -0.320. The lowest BCUT2D eigenvalue weighted by Gasteiger charge is -2.39. The molecule has 0 saturated carbocycles. The van der Waals surface area contributed by atoms with Crippen molar-refractivity contribution >= 4 is 5.97 Å². The number of aliphatic hydroxyl groups excluding tert-OH is 4. The van der Waals surface area contributed by atoms with Crippen molar-refractivity contribution in [2.75, 3.05) is 26.4 Å². The van der Waals surface area contributed by atoms with E-state index in [9.17, 15) is 25.2 Å². The van der Waals surface area contributed by atoms with Gasteiger partial charge in [-0.2, -0.15) is 0 Å². The summed E-state index contributed by atoms with van der Waals surface area (Å²) < 4.78 is 22.5. The molecule has 1 aliphatic heterocycles. The van der Waals surface area contributed by atoms with Crippen molar-refractivity contribution < 1.29 is 44.2 Å². The normalized spacial score (nSPS) is 24.1. The van der Waals surface area contributed by atoms with Crippen molar-refractivity contribution in [3.63, 3.8) is 0 Å². The molecule has 0 amide bonds. The van der Waals surface area contributed by atoms with Gasteiger partial charge in [0.1, 0.15) is 30.5 Å². The highest BCUT2D eigenvalue weighted by atomic mass is 16.7. The van der Waals surface area contributed by atoms with Gasteiger partial charge in [-0.3, -0.25) is 4.79 Å². The first-order chi connectivity index (χ1) is 18.9. The van der Waals surface area contributed by atoms with Gasteiger partial charge < -0.3 is 39.4 Å². The molecule has 0 bridgehead atoms. The number of carbonyl (C=O) groups excluding carboxylic acids is 1. The van der Waals surface area contributed by atoms with Gasteiger partial charge in [0.15, 0.2) is 6.29 Å². The lowest BCUT2D eigenvalue weighted by Crippen LogP contribution is -2.59. The molecule has 0 spiro atoms. The zero-order valence-corrected chi connectivity index (χ0v) is 24.6. The topological polar surface area (TPSA) is 135 Å². The number of esters is 1. The van der Waals surface area contributed by atoms with Gasteiger partial charge in [0, 0.05) is 13.0 Å². The molecule has 0 aromatic carbocycles. The zero-order valence-electron chi connectivity index (χ0n) is 24.6. The molecule has 1 saturated heterocycles. The number of hydrogen-bond acceptors (Lipinski definition) is 9. The van der Waals surface area contributed by atoms with Crippen LogP contribution in [0.1, 0.15) is 123 Å². The van der Waals surface area contributed by atoms with Crippen LogP contribution in [0.4, 0.5) is 0 Å². The number of unbranched alkanes of at least 4 members (excludes halogenated alkanes) is 14.